The maximum atomic E-state index is 9.45. The lowest BCUT2D eigenvalue weighted by atomic mass is 10.6. The minimum atomic E-state index is -1.10. The number of hydrogen-bond acceptors (Lipinski definition) is 2. The minimum Gasteiger partial charge on any atom is -0.361 e. The van der Waals surface area contributed by atoms with Crippen LogP contribution in [0.3, 0.4) is 0 Å². The molecule has 0 aliphatic carbocycles. The summed E-state index contributed by atoms with van der Waals surface area (Å²) >= 11 is 0. The average molecular weight is 118 g/mol. The Morgan fingerprint density at radius 2 is 1.12 bits per heavy atom. The molecule has 0 bridgehead atoms. The number of hydrogen-bond donors (Lipinski definition) is 2. The van der Waals surface area contributed by atoms with Gasteiger partial charge in [-0.1, -0.05) is 13.8 Å². The Hall–Kier alpha value is -1.06. The van der Waals surface area contributed by atoms with Crippen LogP contribution in [0.15, 0.2) is 0 Å². The molecule has 8 heavy (non-hydrogen) atoms. The van der Waals surface area contributed by atoms with Crippen LogP contribution in [0.2, 0.25) is 0 Å². The van der Waals surface area contributed by atoms with Crippen LogP contribution in [-0.2, 0) is 9.59 Å². The predicted molar refractivity (Wildman–Crippen MR) is 29.7 cm³/mol. The van der Waals surface area contributed by atoms with E-state index in [9.17, 15) is 9.59 Å². The minimum absolute atomic E-state index is 1.10. The van der Waals surface area contributed by atoms with Gasteiger partial charge in [-0.05, 0) is 0 Å². The lowest BCUT2D eigenvalue weighted by Crippen LogP contribution is -2.29. The molecular weight excluding hydrogens is 108 g/mol. The molecule has 0 aliphatic heterocycles. The summed E-state index contributed by atoms with van der Waals surface area (Å²) in [6, 6.07) is 0. The Morgan fingerprint density at radius 1 is 1.00 bits per heavy atom. The van der Waals surface area contributed by atoms with E-state index in [1.807, 2.05) is 13.8 Å². The highest BCUT2D eigenvalue weighted by molar-refractivity contribution is 6.33. The van der Waals surface area contributed by atoms with E-state index in [1.165, 1.54) is 0 Å². The van der Waals surface area contributed by atoms with Crippen molar-refractivity contribution in [3.05, 3.63) is 0 Å². The monoisotopic (exact) mass is 118 g/mol. The molecule has 0 atom stereocenters. The normalized spacial score (nSPS) is 6.25. The third-order valence-electron chi connectivity index (χ3n) is 0.243. The molecule has 4 nitrogen and oxygen atoms in total. The highest BCUT2D eigenvalue weighted by Crippen LogP contribution is 1.44. The standard InChI is InChI=1S/C2H4N2O2.C2H6/c3-1(5)2(4)6;1-2/h(H2,3,5)(H2,4,6);1-2H3. The number of rotatable bonds is 0. The second-order valence-corrected chi connectivity index (χ2v) is 0.729. The van der Waals surface area contributed by atoms with Crippen LogP contribution < -0.4 is 11.5 Å². The van der Waals surface area contributed by atoms with Gasteiger partial charge in [0.05, 0.1) is 0 Å². The van der Waals surface area contributed by atoms with E-state index >= 15 is 0 Å². The van der Waals surface area contributed by atoms with Gasteiger partial charge < -0.3 is 11.5 Å². The van der Waals surface area contributed by atoms with Crippen LogP contribution in [0.5, 0.6) is 0 Å². The van der Waals surface area contributed by atoms with E-state index in [4.69, 9.17) is 0 Å². The zero-order valence-corrected chi connectivity index (χ0v) is 4.97. The zero-order chi connectivity index (χ0) is 7.15. The summed E-state index contributed by atoms with van der Waals surface area (Å²) in [7, 11) is 0. The molecule has 0 aromatic carbocycles. The number of nitrogens with two attached hydrogens (primary N) is 2. The van der Waals surface area contributed by atoms with Crippen LogP contribution in [0.25, 0.3) is 0 Å². The van der Waals surface area contributed by atoms with Gasteiger partial charge in [0.15, 0.2) is 0 Å². The lowest BCUT2D eigenvalue weighted by Gasteiger charge is -1.75. The first-order chi connectivity index (χ1) is 3.64. The maximum absolute atomic E-state index is 9.45. The molecule has 4 N–H and O–H groups in total. The van der Waals surface area contributed by atoms with Crippen molar-refractivity contribution >= 4 is 11.8 Å². The van der Waals surface area contributed by atoms with Crippen molar-refractivity contribution in [2.24, 2.45) is 11.5 Å². The topological polar surface area (TPSA) is 86.2 Å². The highest BCUT2D eigenvalue weighted by atomic mass is 16.2. The van der Waals surface area contributed by atoms with Crippen molar-refractivity contribution in [3.8, 4) is 0 Å². The van der Waals surface area contributed by atoms with Crippen molar-refractivity contribution in [1.82, 2.24) is 0 Å². The van der Waals surface area contributed by atoms with E-state index in [2.05, 4.69) is 11.5 Å². The van der Waals surface area contributed by atoms with Crippen molar-refractivity contribution in [2.75, 3.05) is 0 Å². The van der Waals surface area contributed by atoms with E-state index < -0.39 is 11.8 Å². The smallest absolute Gasteiger partial charge is 0.306 e. The number of primary amides is 2. The van der Waals surface area contributed by atoms with Crippen molar-refractivity contribution in [1.29, 1.82) is 0 Å². The molecule has 0 rings (SSSR count). The first-order valence-electron chi connectivity index (χ1n) is 2.24. The van der Waals surface area contributed by atoms with Gasteiger partial charge in [0, 0.05) is 0 Å². The summed E-state index contributed by atoms with van der Waals surface area (Å²) in [5.41, 5.74) is 8.64. The molecule has 48 valence electrons. The molecule has 0 aromatic rings. The predicted octanol–water partition coefficient (Wildman–Crippen LogP) is -1.02. The fourth-order valence-corrected chi connectivity index (χ4v) is 0. The summed E-state index contributed by atoms with van der Waals surface area (Å²) in [5, 5.41) is 0. The molecule has 0 saturated heterocycles. The van der Waals surface area contributed by atoms with Crippen LogP contribution in [0, 0.1) is 0 Å². The number of carbonyl (C=O) groups excluding carboxylic acids is 2. The largest absolute Gasteiger partial charge is 0.361 e. The summed E-state index contributed by atoms with van der Waals surface area (Å²) in [6.07, 6.45) is 0. The zero-order valence-electron chi connectivity index (χ0n) is 4.97. The van der Waals surface area contributed by atoms with E-state index in [1.54, 1.807) is 0 Å². The van der Waals surface area contributed by atoms with Gasteiger partial charge in [0.2, 0.25) is 0 Å². The molecule has 0 radical (unpaired) electrons. The van der Waals surface area contributed by atoms with Crippen LogP contribution in [-0.4, -0.2) is 11.8 Å². The summed E-state index contributed by atoms with van der Waals surface area (Å²) in [4.78, 5) is 18.9. The third-order valence-corrected chi connectivity index (χ3v) is 0.243. The Bertz CT molecular complexity index is 78.0. The van der Waals surface area contributed by atoms with Crippen molar-refractivity contribution < 1.29 is 9.59 Å². The SMILES string of the molecule is CC.NC(=O)C(N)=O. The Kier molecular flexibility index (Phi) is 7.45. The fraction of sp³-hybridized carbons (Fsp3) is 0.500. The molecule has 4 heteroatoms. The average Bonchev–Trinajstić information content (AvgIpc) is 1.72. The van der Waals surface area contributed by atoms with E-state index in [0.29, 0.717) is 0 Å². The Labute approximate surface area is 47.8 Å². The van der Waals surface area contributed by atoms with Crippen molar-refractivity contribution in [3.63, 3.8) is 0 Å². The molecule has 2 amide bonds. The second-order valence-electron chi connectivity index (χ2n) is 0.729. The van der Waals surface area contributed by atoms with E-state index in [0.717, 1.165) is 0 Å². The van der Waals surface area contributed by atoms with Gasteiger partial charge in [-0.2, -0.15) is 0 Å². The maximum Gasteiger partial charge on any atom is 0.306 e. The van der Waals surface area contributed by atoms with Gasteiger partial charge in [0.25, 0.3) is 0 Å². The van der Waals surface area contributed by atoms with Gasteiger partial charge >= 0.3 is 11.8 Å². The molecule has 0 saturated carbocycles. The molecule has 0 aliphatic rings. The first kappa shape index (κ1) is 10.0. The van der Waals surface area contributed by atoms with E-state index in [-0.39, 0.29) is 0 Å². The third kappa shape index (κ3) is 8.87. The lowest BCUT2D eigenvalue weighted by molar-refractivity contribution is -0.135. The van der Waals surface area contributed by atoms with Crippen molar-refractivity contribution in [2.45, 2.75) is 13.8 Å². The van der Waals surface area contributed by atoms with Gasteiger partial charge in [-0.25, -0.2) is 0 Å². The summed E-state index contributed by atoms with van der Waals surface area (Å²) in [6.45, 7) is 4.00. The van der Waals surface area contributed by atoms with Gasteiger partial charge in [-0.15, -0.1) is 0 Å². The summed E-state index contributed by atoms with van der Waals surface area (Å²) < 4.78 is 0. The van der Waals surface area contributed by atoms with Gasteiger partial charge in [-0.3, -0.25) is 9.59 Å². The van der Waals surface area contributed by atoms with Crippen LogP contribution in [0.1, 0.15) is 13.8 Å². The quantitative estimate of drug-likeness (QED) is 0.399. The summed E-state index contributed by atoms with van der Waals surface area (Å²) in [5.74, 6) is -2.20. The van der Waals surface area contributed by atoms with Crippen LogP contribution in [0.4, 0.5) is 0 Å². The number of carbonyl (C=O) groups is 2. The van der Waals surface area contributed by atoms with Gasteiger partial charge in [0.1, 0.15) is 0 Å². The Morgan fingerprint density at radius 3 is 1.12 bits per heavy atom. The highest BCUT2D eigenvalue weighted by Gasteiger charge is 1.96. The molecular formula is C4H10N2O2. The molecule has 0 spiro atoms. The molecule has 0 unspecified atom stereocenters. The van der Waals surface area contributed by atoms with Crippen LogP contribution >= 0.6 is 0 Å². The molecule has 0 fully saturated rings. The molecule has 0 aromatic heterocycles. The molecule has 0 heterocycles. The fourth-order valence-electron chi connectivity index (χ4n) is 0. The Balaban J connectivity index is 0. The number of amides is 2. The first-order valence-corrected chi connectivity index (χ1v) is 2.24. The second kappa shape index (κ2) is 5.94.